The SMILES string of the molecule is CCC(C)(C)C.CCOC(=O)c1ccc(C2OC3(CCCC3)c3c4c(nc(C(C)C)c32)CC(C)(C)CC4O)cc1.CS. The van der Waals surface area contributed by atoms with Crippen molar-refractivity contribution in [2.75, 3.05) is 12.9 Å². The van der Waals surface area contributed by atoms with Crippen molar-refractivity contribution >= 4 is 18.6 Å². The number of hydrogen-bond acceptors (Lipinski definition) is 6. The Morgan fingerprint density at radius 1 is 1.10 bits per heavy atom. The minimum atomic E-state index is -0.521. The summed E-state index contributed by atoms with van der Waals surface area (Å²) >= 11 is 3.53. The van der Waals surface area contributed by atoms with E-state index in [2.05, 4.69) is 68.0 Å². The average Bonchev–Trinajstić information content (AvgIpc) is 3.54. The molecule has 6 heteroatoms. The second-order valence-corrected chi connectivity index (χ2v) is 14.3. The van der Waals surface area contributed by atoms with Gasteiger partial charge >= 0.3 is 5.97 Å². The fourth-order valence-corrected chi connectivity index (χ4v) is 6.42. The summed E-state index contributed by atoms with van der Waals surface area (Å²) < 4.78 is 12.2. The van der Waals surface area contributed by atoms with Crippen molar-refractivity contribution in [3.05, 3.63) is 63.5 Å². The molecule has 1 fully saturated rings. The molecule has 0 radical (unpaired) electrons. The molecule has 234 valence electrons. The van der Waals surface area contributed by atoms with E-state index in [1.54, 1.807) is 6.26 Å². The number of thiol groups is 1. The minimum absolute atomic E-state index is 0.0204. The summed E-state index contributed by atoms with van der Waals surface area (Å²) in [6, 6.07) is 7.62. The summed E-state index contributed by atoms with van der Waals surface area (Å²) in [5, 5.41) is 11.4. The molecule has 2 unspecified atom stereocenters. The largest absolute Gasteiger partial charge is 0.462 e. The van der Waals surface area contributed by atoms with Gasteiger partial charge in [-0.15, -0.1) is 0 Å². The molecule has 1 aromatic heterocycles. The maximum Gasteiger partial charge on any atom is 0.338 e. The van der Waals surface area contributed by atoms with E-state index in [1.165, 1.54) is 12.0 Å². The lowest BCUT2D eigenvalue weighted by Gasteiger charge is -2.38. The summed E-state index contributed by atoms with van der Waals surface area (Å²) in [6.07, 6.45) is 8.02. The number of ether oxygens (including phenoxy) is 2. The Kier molecular flexibility index (Phi) is 11.4. The molecule has 1 spiro atoms. The Bertz CT molecular complexity index is 1210. The van der Waals surface area contributed by atoms with Gasteiger partial charge in [0.05, 0.1) is 23.9 Å². The van der Waals surface area contributed by atoms with Gasteiger partial charge in [0.25, 0.3) is 0 Å². The van der Waals surface area contributed by atoms with Crippen LogP contribution in [0.5, 0.6) is 0 Å². The normalized spacial score (nSPS) is 21.5. The summed E-state index contributed by atoms with van der Waals surface area (Å²) in [4.78, 5) is 17.4. The van der Waals surface area contributed by atoms with Crippen LogP contribution in [0.1, 0.15) is 163 Å². The van der Waals surface area contributed by atoms with E-state index in [1.807, 2.05) is 31.2 Å². The number of aliphatic hydroxyl groups is 1. The molecule has 1 aliphatic heterocycles. The fourth-order valence-electron chi connectivity index (χ4n) is 6.42. The van der Waals surface area contributed by atoms with Crippen LogP contribution in [0, 0.1) is 10.8 Å². The monoisotopic (exact) mass is 597 g/mol. The molecule has 3 aliphatic rings. The van der Waals surface area contributed by atoms with E-state index >= 15 is 0 Å². The molecule has 0 bridgehead atoms. The van der Waals surface area contributed by atoms with E-state index in [0.717, 1.165) is 66.6 Å². The number of hydrogen-bond donors (Lipinski definition) is 2. The first-order valence-electron chi connectivity index (χ1n) is 15.9. The number of aliphatic hydroxyl groups excluding tert-OH is 1. The maximum atomic E-state index is 12.2. The standard InChI is InChI=1S/C29H37NO4.C6H14.CH4S/c1-6-33-27(32)19-11-9-18(10-12-19)26-23-24(29(34-26)13-7-8-14-29)22-20(30-25(23)17(2)3)15-28(4,5)16-21(22)31;1-5-6(2,3)4;1-2/h9-12,17,21,26,31H,6-8,13-16H2,1-5H3;5H2,1-4H3;2H,1H3. The summed E-state index contributed by atoms with van der Waals surface area (Å²) in [6.45, 7) is 19.9. The molecule has 2 aromatic rings. The molecule has 5 rings (SSSR count). The second-order valence-electron chi connectivity index (χ2n) is 14.3. The Balaban J connectivity index is 0.000000541. The van der Waals surface area contributed by atoms with Crippen molar-refractivity contribution in [2.24, 2.45) is 10.8 Å². The third kappa shape index (κ3) is 7.42. The first-order valence-corrected chi connectivity index (χ1v) is 16.8. The van der Waals surface area contributed by atoms with Gasteiger partial charge in [0.1, 0.15) is 6.10 Å². The van der Waals surface area contributed by atoms with E-state index in [0.29, 0.717) is 17.6 Å². The predicted molar refractivity (Wildman–Crippen MR) is 176 cm³/mol. The van der Waals surface area contributed by atoms with E-state index in [4.69, 9.17) is 14.5 Å². The zero-order valence-electron chi connectivity index (χ0n) is 27.8. The van der Waals surface area contributed by atoms with Crippen LogP contribution in [0.15, 0.2) is 24.3 Å². The maximum absolute atomic E-state index is 12.2. The first kappa shape index (κ1) is 34.6. The molecule has 0 saturated heterocycles. The molecule has 5 nitrogen and oxygen atoms in total. The van der Waals surface area contributed by atoms with Crippen molar-refractivity contribution in [3.63, 3.8) is 0 Å². The number of carbonyl (C=O) groups excluding carboxylic acids is 1. The molecular weight excluding hydrogens is 542 g/mol. The van der Waals surface area contributed by atoms with Gasteiger partial charge < -0.3 is 14.6 Å². The van der Waals surface area contributed by atoms with Crippen LogP contribution in [0.2, 0.25) is 0 Å². The third-order valence-electron chi connectivity index (χ3n) is 8.91. The molecule has 1 saturated carbocycles. The van der Waals surface area contributed by atoms with Gasteiger partial charge in [-0.2, -0.15) is 12.6 Å². The van der Waals surface area contributed by atoms with Gasteiger partial charge in [-0.3, -0.25) is 4.98 Å². The highest BCUT2D eigenvalue weighted by molar-refractivity contribution is 7.79. The van der Waals surface area contributed by atoms with Gasteiger partial charge in [0, 0.05) is 22.5 Å². The first-order chi connectivity index (χ1) is 19.7. The predicted octanol–water partition coefficient (Wildman–Crippen LogP) is 9.26. The van der Waals surface area contributed by atoms with Crippen LogP contribution < -0.4 is 0 Å². The van der Waals surface area contributed by atoms with E-state index in [9.17, 15) is 9.90 Å². The van der Waals surface area contributed by atoms with Crippen LogP contribution in [0.25, 0.3) is 0 Å². The molecule has 1 N–H and O–H groups in total. The molecular formula is C36H55NO4S. The zero-order valence-corrected chi connectivity index (χ0v) is 28.7. The van der Waals surface area contributed by atoms with Gasteiger partial charge in [-0.05, 0) is 78.9 Å². The number of fused-ring (bicyclic) bond motifs is 4. The Labute approximate surface area is 260 Å². The fraction of sp³-hybridized carbons (Fsp3) is 0.667. The third-order valence-corrected chi connectivity index (χ3v) is 8.91. The zero-order chi connectivity index (χ0) is 31.5. The lowest BCUT2D eigenvalue weighted by Crippen LogP contribution is -2.32. The Morgan fingerprint density at radius 2 is 1.67 bits per heavy atom. The minimum Gasteiger partial charge on any atom is -0.462 e. The van der Waals surface area contributed by atoms with Gasteiger partial charge in [-0.1, -0.05) is 86.8 Å². The molecule has 2 heterocycles. The topological polar surface area (TPSA) is 68.7 Å². The van der Waals surface area contributed by atoms with Gasteiger partial charge in [0.15, 0.2) is 0 Å². The summed E-state index contributed by atoms with van der Waals surface area (Å²) in [5.74, 6) is -0.0684. The molecule has 1 aromatic carbocycles. The summed E-state index contributed by atoms with van der Waals surface area (Å²) in [5.41, 5.74) is 7.31. The number of esters is 1. The van der Waals surface area contributed by atoms with E-state index < -0.39 is 6.10 Å². The molecule has 42 heavy (non-hydrogen) atoms. The van der Waals surface area contributed by atoms with Crippen LogP contribution in [0.4, 0.5) is 0 Å². The van der Waals surface area contributed by atoms with Gasteiger partial charge in [0.2, 0.25) is 0 Å². The Hall–Kier alpha value is -1.89. The molecule has 0 amide bonds. The van der Waals surface area contributed by atoms with Crippen molar-refractivity contribution in [1.82, 2.24) is 4.98 Å². The van der Waals surface area contributed by atoms with E-state index in [-0.39, 0.29) is 29.0 Å². The van der Waals surface area contributed by atoms with Crippen LogP contribution in [-0.4, -0.2) is 28.9 Å². The van der Waals surface area contributed by atoms with Crippen LogP contribution in [0.3, 0.4) is 0 Å². The average molecular weight is 598 g/mol. The van der Waals surface area contributed by atoms with Crippen LogP contribution in [-0.2, 0) is 21.5 Å². The van der Waals surface area contributed by atoms with Crippen LogP contribution >= 0.6 is 12.6 Å². The number of benzene rings is 1. The highest BCUT2D eigenvalue weighted by Gasteiger charge is 2.52. The summed E-state index contributed by atoms with van der Waals surface area (Å²) in [7, 11) is 0. The smallest absolute Gasteiger partial charge is 0.338 e. The number of rotatable bonds is 4. The highest BCUT2D eigenvalue weighted by Crippen LogP contribution is 2.59. The van der Waals surface area contributed by atoms with Crippen molar-refractivity contribution < 1.29 is 19.4 Å². The van der Waals surface area contributed by atoms with Gasteiger partial charge in [-0.25, -0.2) is 4.79 Å². The Morgan fingerprint density at radius 3 is 2.17 bits per heavy atom. The number of pyridine rings is 1. The molecule has 2 aliphatic carbocycles. The number of nitrogens with zero attached hydrogens (tertiary/aromatic N) is 1. The quantitative estimate of drug-likeness (QED) is 0.272. The second kappa shape index (κ2) is 13.8. The van der Waals surface area contributed by atoms with Crippen molar-refractivity contribution in [1.29, 1.82) is 0 Å². The van der Waals surface area contributed by atoms with Crippen molar-refractivity contribution in [3.8, 4) is 0 Å². The molecule has 2 atom stereocenters. The lowest BCUT2D eigenvalue weighted by molar-refractivity contribution is -0.0580. The van der Waals surface area contributed by atoms with Crippen molar-refractivity contribution in [2.45, 2.75) is 131 Å². The lowest BCUT2D eigenvalue weighted by atomic mass is 9.70. The highest BCUT2D eigenvalue weighted by atomic mass is 32.1. The number of carbonyl (C=O) groups is 1. The number of aromatic nitrogens is 1.